The van der Waals surface area contributed by atoms with E-state index in [1.807, 2.05) is 0 Å². The third-order valence-electron chi connectivity index (χ3n) is 5.75. The zero-order chi connectivity index (χ0) is 21.7. The Bertz CT molecular complexity index is 1200. The fraction of sp³-hybridized carbons (Fsp3) is 0.286. The summed E-state index contributed by atoms with van der Waals surface area (Å²) in [7, 11) is 1.57. The molecule has 3 atom stereocenters. The van der Waals surface area contributed by atoms with Crippen LogP contribution in [-0.2, 0) is 11.3 Å². The van der Waals surface area contributed by atoms with Crippen LogP contribution >= 0.6 is 0 Å². The highest BCUT2D eigenvalue weighted by molar-refractivity contribution is 6.02. The highest BCUT2D eigenvalue weighted by atomic mass is 19.1. The lowest BCUT2D eigenvalue weighted by Gasteiger charge is -2.22. The SMILES string of the molecule is CN1C(=O)[C@@H](NC(=O)c2nn(Cc3ccccc3F)cc2F)C2CC2c2nccnc21. The molecule has 1 N–H and O–H groups in total. The number of carbonyl (C=O) groups excluding carboxylic acids is 2. The van der Waals surface area contributed by atoms with E-state index >= 15 is 0 Å². The molecule has 1 aliphatic heterocycles. The zero-order valence-electron chi connectivity index (χ0n) is 16.5. The topological polar surface area (TPSA) is 93.0 Å². The van der Waals surface area contributed by atoms with E-state index in [9.17, 15) is 18.4 Å². The van der Waals surface area contributed by atoms with Gasteiger partial charge >= 0.3 is 0 Å². The van der Waals surface area contributed by atoms with Crippen LogP contribution in [0.25, 0.3) is 0 Å². The average molecular weight is 424 g/mol. The van der Waals surface area contributed by atoms with E-state index < -0.39 is 29.3 Å². The maximum atomic E-state index is 14.4. The van der Waals surface area contributed by atoms with Gasteiger partial charge in [-0.15, -0.1) is 0 Å². The number of rotatable bonds is 4. The third-order valence-corrected chi connectivity index (χ3v) is 5.75. The maximum absolute atomic E-state index is 14.4. The Morgan fingerprint density at radius 1 is 1.19 bits per heavy atom. The van der Waals surface area contributed by atoms with Gasteiger partial charge in [-0.3, -0.25) is 24.2 Å². The van der Waals surface area contributed by atoms with Gasteiger partial charge in [0.25, 0.3) is 11.8 Å². The summed E-state index contributed by atoms with van der Waals surface area (Å²) < 4.78 is 29.5. The maximum Gasteiger partial charge on any atom is 0.275 e. The molecule has 0 radical (unpaired) electrons. The van der Waals surface area contributed by atoms with Crippen molar-refractivity contribution in [3.8, 4) is 0 Å². The van der Waals surface area contributed by atoms with Crippen LogP contribution in [0.4, 0.5) is 14.6 Å². The Morgan fingerprint density at radius 3 is 2.77 bits per heavy atom. The number of benzene rings is 1. The lowest BCUT2D eigenvalue weighted by atomic mass is 10.1. The summed E-state index contributed by atoms with van der Waals surface area (Å²) in [6.07, 6.45) is 4.80. The van der Waals surface area contributed by atoms with E-state index in [0.717, 1.165) is 16.6 Å². The quantitative estimate of drug-likeness (QED) is 0.690. The summed E-state index contributed by atoms with van der Waals surface area (Å²) in [6, 6.07) is 5.23. The smallest absolute Gasteiger partial charge is 0.275 e. The number of nitrogens with one attached hydrogen (secondary N) is 1. The molecular weight excluding hydrogens is 406 g/mol. The zero-order valence-corrected chi connectivity index (χ0v) is 16.5. The molecule has 1 aromatic carbocycles. The fourth-order valence-corrected chi connectivity index (χ4v) is 4.07. The molecule has 2 aromatic heterocycles. The molecule has 0 bridgehead atoms. The summed E-state index contributed by atoms with van der Waals surface area (Å²) in [6.45, 7) is -0.0285. The molecule has 3 heterocycles. The van der Waals surface area contributed by atoms with Crippen molar-refractivity contribution in [2.75, 3.05) is 11.9 Å². The van der Waals surface area contributed by atoms with Gasteiger partial charge in [0, 0.05) is 30.9 Å². The van der Waals surface area contributed by atoms with Crippen LogP contribution in [0.2, 0.25) is 0 Å². The lowest BCUT2D eigenvalue weighted by molar-refractivity contribution is -0.120. The van der Waals surface area contributed by atoms with Gasteiger partial charge in [0.1, 0.15) is 11.9 Å². The van der Waals surface area contributed by atoms with E-state index in [2.05, 4.69) is 20.4 Å². The normalized spacial score (nSPS) is 21.8. The van der Waals surface area contributed by atoms with Crippen LogP contribution in [0.5, 0.6) is 0 Å². The predicted molar refractivity (Wildman–Crippen MR) is 105 cm³/mol. The number of halogens is 2. The monoisotopic (exact) mass is 424 g/mol. The summed E-state index contributed by atoms with van der Waals surface area (Å²) >= 11 is 0. The molecule has 2 aliphatic rings. The number of aromatic nitrogens is 4. The minimum absolute atomic E-state index is 0.00589. The minimum atomic E-state index is -0.845. The molecule has 10 heteroatoms. The average Bonchev–Trinajstić information content (AvgIpc) is 3.48. The molecule has 0 saturated heterocycles. The van der Waals surface area contributed by atoms with Gasteiger partial charge in [-0.25, -0.2) is 13.8 Å². The van der Waals surface area contributed by atoms with Crippen molar-refractivity contribution < 1.29 is 18.4 Å². The lowest BCUT2D eigenvalue weighted by Crippen LogP contribution is -2.48. The van der Waals surface area contributed by atoms with Crippen LogP contribution in [-0.4, -0.2) is 44.7 Å². The number of carbonyl (C=O) groups is 2. The number of likely N-dealkylation sites (N-methyl/N-ethyl adjacent to an activating group) is 1. The molecule has 2 unspecified atom stereocenters. The van der Waals surface area contributed by atoms with Gasteiger partial charge < -0.3 is 5.32 Å². The summed E-state index contributed by atoms with van der Waals surface area (Å²) in [5.41, 5.74) is 0.596. The van der Waals surface area contributed by atoms with Gasteiger partial charge in [0.15, 0.2) is 17.3 Å². The van der Waals surface area contributed by atoms with Crippen molar-refractivity contribution in [1.29, 1.82) is 0 Å². The van der Waals surface area contributed by atoms with Gasteiger partial charge in [-0.05, 0) is 18.4 Å². The van der Waals surface area contributed by atoms with Crippen molar-refractivity contribution in [3.63, 3.8) is 0 Å². The molecular formula is C21H18F2N6O2. The van der Waals surface area contributed by atoms with Crippen LogP contribution in [0, 0.1) is 17.6 Å². The van der Waals surface area contributed by atoms with Gasteiger partial charge in [0.05, 0.1) is 18.4 Å². The molecule has 31 heavy (non-hydrogen) atoms. The Labute approximate surface area is 175 Å². The Kier molecular flexibility index (Phi) is 4.49. The standard InChI is InChI=1S/C21H18F2N6O2/c1-28-19-16(24-6-7-25-19)12-8-13(12)17(21(28)31)26-20(30)18-15(23)10-29(27-18)9-11-4-2-3-5-14(11)22/h2-7,10,12-13,17H,8-9H2,1H3,(H,26,30)/t12?,13?,17-/m0/s1. The Balaban J connectivity index is 1.36. The van der Waals surface area contributed by atoms with Crippen LogP contribution < -0.4 is 10.2 Å². The second-order valence-corrected chi connectivity index (χ2v) is 7.73. The largest absolute Gasteiger partial charge is 0.338 e. The molecule has 8 nitrogen and oxygen atoms in total. The number of hydrogen-bond acceptors (Lipinski definition) is 5. The number of amides is 2. The van der Waals surface area contributed by atoms with Gasteiger partial charge in [0.2, 0.25) is 0 Å². The highest BCUT2D eigenvalue weighted by Crippen LogP contribution is 2.53. The summed E-state index contributed by atoms with van der Waals surface area (Å²) in [5, 5.41) is 6.61. The summed E-state index contributed by atoms with van der Waals surface area (Å²) in [5.74, 6) is -2.09. The van der Waals surface area contributed by atoms with E-state index in [1.165, 1.54) is 17.2 Å². The molecule has 5 rings (SSSR count). The van der Waals surface area contributed by atoms with Crippen LogP contribution in [0.3, 0.4) is 0 Å². The molecule has 1 fully saturated rings. The molecule has 2 amide bonds. The van der Waals surface area contributed by atoms with Gasteiger partial charge in [-0.1, -0.05) is 18.2 Å². The number of hydrogen-bond donors (Lipinski definition) is 1. The minimum Gasteiger partial charge on any atom is -0.338 e. The molecule has 1 saturated carbocycles. The molecule has 1 aliphatic carbocycles. The first kappa shape index (κ1) is 19.3. The first-order valence-corrected chi connectivity index (χ1v) is 9.79. The first-order valence-electron chi connectivity index (χ1n) is 9.79. The Hall–Kier alpha value is -3.69. The Morgan fingerprint density at radius 2 is 1.97 bits per heavy atom. The van der Waals surface area contributed by atoms with E-state index in [4.69, 9.17) is 0 Å². The second kappa shape index (κ2) is 7.22. The van der Waals surface area contributed by atoms with Crippen molar-refractivity contribution >= 4 is 17.6 Å². The first-order chi connectivity index (χ1) is 14.9. The van der Waals surface area contributed by atoms with E-state index in [1.54, 1.807) is 31.4 Å². The number of anilines is 1. The molecule has 158 valence electrons. The van der Waals surface area contributed by atoms with Crippen molar-refractivity contribution in [3.05, 3.63) is 71.4 Å². The molecule has 0 spiro atoms. The third kappa shape index (κ3) is 3.33. The highest BCUT2D eigenvalue weighted by Gasteiger charge is 2.53. The van der Waals surface area contributed by atoms with Crippen molar-refractivity contribution in [1.82, 2.24) is 25.1 Å². The fourth-order valence-electron chi connectivity index (χ4n) is 4.07. The van der Waals surface area contributed by atoms with Crippen LogP contribution in [0.15, 0.2) is 42.9 Å². The number of fused-ring (bicyclic) bond motifs is 3. The van der Waals surface area contributed by atoms with E-state index in [0.29, 0.717) is 17.8 Å². The van der Waals surface area contributed by atoms with Crippen LogP contribution in [0.1, 0.15) is 34.1 Å². The summed E-state index contributed by atoms with van der Waals surface area (Å²) in [4.78, 5) is 35.7. The number of nitrogens with zero attached hydrogens (tertiary/aromatic N) is 5. The van der Waals surface area contributed by atoms with E-state index in [-0.39, 0.29) is 24.3 Å². The second-order valence-electron chi connectivity index (χ2n) is 7.73. The van der Waals surface area contributed by atoms with Gasteiger partial charge in [-0.2, -0.15) is 5.10 Å². The van der Waals surface area contributed by atoms with Crippen molar-refractivity contribution in [2.24, 2.45) is 5.92 Å². The predicted octanol–water partition coefficient (Wildman–Crippen LogP) is 1.88. The van der Waals surface area contributed by atoms with Crippen molar-refractivity contribution in [2.45, 2.75) is 24.9 Å². The molecule has 3 aromatic rings.